The van der Waals surface area contributed by atoms with Crippen LogP contribution in [0, 0.1) is 6.92 Å². The van der Waals surface area contributed by atoms with E-state index in [1.54, 1.807) is 11.9 Å². The molecule has 4 heteroatoms. The van der Waals surface area contributed by atoms with Gasteiger partial charge in [0.05, 0.1) is 6.42 Å². The molecule has 1 heterocycles. The average Bonchev–Trinajstić information content (AvgIpc) is 3.11. The van der Waals surface area contributed by atoms with Gasteiger partial charge in [-0.05, 0) is 23.6 Å². The van der Waals surface area contributed by atoms with Gasteiger partial charge in [-0.2, -0.15) is 0 Å². The Morgan fingerprint density at radius 3 is 2.50 bits per heavy atom. The van der Waals surface area contributed by atoms with Gasteiger partial charge in [-0.1, -0.05) is 72.8 Å². The first-order valence-electron chi connectivity index (χ1n) is 9.42. The minimum atomic E-state index is -0.606. The summed E-state index contributed by atoms with van der Waals surface area (Å²) in [6.07, 6.45) is -0.440. The molecule has 0 aromatic heterocycles. The van der Waals surface area contributed by atoms with Crippen molar-refractivity contribution in [3.8, 4) is 16.9 Å². The van der Waals surface area contributed by atoms with Gasteiger partial charge in [0.15, 0.2) is 0 Å². The summed E-state index contributed by atoms with van der Waals surface area (Å²) < 4.78 is 11.7. The highest BCUT2D eigenvalue weighted by Gasteiger charge is 2.29. The van der Waals surface area contributed by atoms with Gasteiger partial charge in [-0.3, -0.25) is 0 Å². The van der Waals surface area contributed by atoms with Gasteiger partial charge in [0.25, 0.3) is 0 Å². The monoisotopic (exact) mass is 373 g/mol. The molecule has 4 rings (SSSR count). The lowest BCUT2D eigenvalue weighted by molar-refractivity contribution is -0.0301. The molecule has 4 nitrogen and oxygen atoms in total. The Labute approximate surface area is 165 Å². The van der Waals surface area contributed by atoms with Crippen molar-refractivity contribution < 1.29 is 14.3 Å². The summed E-state index contributed by atoms with van der Waals surface area (Å²) >= 11 is 0. The van der Waals surface area contributed by atoms with Crippen LogP contribution in [0.15, 0.2) is 72.8 Å². The SMILES string of the molecule is Cc1ccccc1-c1cccc2c1OC(OC(=O)N(C)Cc1ccccc1)C2. The number of aryl methyl sites for hydroxylation is 1. The van der Waals surface area contributed by atoms with Crippen molar-refractivity contribution in [1.29, 1.82) is 0 Å². The average molecular weight is 373 g/mol. The quantitative estimate of drug-likeness (QED) is 0.632. The molecule has 0 saturated heterocycles. The number of nitrogens with zero attached hydrogens (tertiary/aromatic N) is 1. The standard InChI is InChI=1S/C24H23NO3/c1-17-9-6-7-13-20(17)21-14-8-12-19-15-22(27-23(19)21)28-24(26)25(2)16-18-10-4-3-5-11-18/h3-14,22H,15-16H2,1-2H3. The molecule has 0 bridgehead atoms. The van der Waals surface area contributed by atoms with E-state index in [-0.39, 0.29) is 6.09 Å². The molecule has 1 unspecified atom stereocenters. The third-order valence-corrected chi connectivity index (χ3v) is 4.97. The molecule has 0 saturated carbocycles. The fourth-order valence-corrected chi connectivity index (χ4v) is 3.51. The fourth-order valence-electron chi connectivity index (χ4n) is 3.51. The number of rotatable bonds is 4. The smallest absolute Gasteiger partial charge is 0.412 e. The summed E-state index contributed by atoms with van der Waals surface area (Å²) in [7, 11) is 1.73. The molecule has 0 N–H and O–H groups in total. The number of hydrogen-bond donors (Lipinski definition) is 0. The van der Waals surface area contributed by atoms with Crippen molar-refractivity contribution in [2.45, 2.75) is 26.2 Å². The van der Waals surface area contributed by atoms with Crippen LogP contribution in [0.25, 0.3) is 11.1 Å². The van der Waals surface area contributed by atoms with Gasteiger partial charge < -0.3 is 14.4 Å². The van der Waals surface area contributed by atoms with Gasteiger partial charge >= 0.3 is 6.09 Å². The summed E-state index contributed by atoms with van der Waals surface area (Å²) in [5.41, 5.74) is 5.46. The molecule has 0 fully saturated rings. The Kier molecular flexibility index (Phi) is 5.02. The van der Waals surface area contributed by atoms with Crippen molar-refractivity contribution in [3.05, 3.63) is 89.5 Å². The molecule has 142 valence electrons. The summed E-state index contributed by atoms with van der Waals surface area (Å²) in [4.78, 5) is 14.0. The third kappa shape index (κ3) is 3.72. The zero-order valence-electron chi connectivity index (χ0n) is 16.1. The highest BCUT2D eigenvalue weighted by molar-refractivity contribution is 5.75. The molecule has 28 heavy (non-hydrogen) atoms. The summed E-state index contributed by atoms with van der Waals surface area (Å²) in [6, 6.07) is 24.2. The first-order valence-corrected chi connectivity index (χ1v) is 9.42. The van der Waals surface area contributed by atoms with E-state index in [4.69, 9.17) is 9.47 Å². The molecule has 0 radical (unpaired) electrons. The van der Waals surface area contributed by atoms with E-state index < -0.39 is 6.29 Å². The van der Waals surface area contributed by atoms with Gasteiger partial charge in [-0.25, -0.2) is 4.79 Å². The Balaban J connectivity index is 1.46. The van der Waals surface area contributed by atoms with Crippen molar-refractivity contribution in [2.24, 2.45) is 0 Å². The molecule has 3 aromatic rings. The number of fused-ring (bicyclic) bond motifs is 1. The summed E-state index contributed by atoms with van der Waals surface area (Å²) in [5.74, 6) is 0.806. The second kappa shape index (κ2) is 7.77. The van der Waals surface area contributed by atoms with E-state index in [9.17, 15) is 4.79 Å². The van der Waals surface area contributed by atoms with Crippen LogP contribution in [-0.4, -0.2) is 24.3 Å². The van der Waals surface area contributed by atoms with Crippen LogP contribution >= 0.6 is 0 Å². The van der Waals surface area contributed by atoms with Crippen molar-refractivity contribution >= 4 is 6.09 Å². The number of benzene rings is 3. The normalized spacial score (nSPS) is 14.9. The van der Waals surface area contributed by atoms with Crippen LogP contribution in [0.1, 0.15) is 16.7 Å². The highest BCUT2D eigenvalue weighted by Crippen LogP contribution is 2.40. The molecule has 3 aromatic carbocycles. The van der Waals surface area contributed by atoms with Crippen LogP contribution < -0.4 is 4.74 Å². The zero-order valence-corrected chi connectivity index (χ0v) is 16.1. The van der Waals surface area contributed by atoms with Crippen molar-refractivity contribution in [2.75, 3.05) is 7.05 Å². The maximum absolute atomic E-state index is 12.5. The highest BCUT2D eigenvalue weighted by atomic mass is 16.7. The second-order valence-corrected chi connectivity index (χ2v) is 7.09. The molecule has 1 aliphatic rings. The van der Waals surface area contributed by atoms with Gasteiger partial charge in [0.1, 0.15) is 5.75 Å². The van der Waals surface area contributed by atoms with Crippen molar-refractivity contribution in [1.82, 2.24) is 4.90 Å². The van der Waals surface area contributed by atoms with Crippen LogP contribution in [0.4, 0.5) is 4.79 Å². The van der Waals surface area contributed by atoms with E-state index in [2.05, 4.69) is 19.1 Å². The maximum atomic E-state index is 12.5. The number of carbonyl (C=O) groups is 1. The van der Waals surface area contributed by atoms with E-state index in [0.29, 0.717) is 13.0 Å². The largest absolute Gasteiger partial charge is 0.453 e. The van der Waals surface area contributed by atoms with E-state index in [0.717, 1.165) is 28.0 Å². The molecular weight excluding hydrogens is 350 g/mol. The van der Waals surface area contributed by atoms with Crippen LogP contribution in [0.3, 0.4) is 0 Å². The Hall–Kier alpha value is -3.27. The molecular formula is C24H23NO3. The van der Waals surface area contributed by atoms with Gasteiger partial charge in [0.2, 0.25) is 6.29 Å². The zero-order chi connectivity index (χ0) is 19.5. The lowest BCUT2D eigenvalue weighted by Gasteiger charge is -2.20. The molecule has 1 amide bonds. The topological polar surface area (TPSA) is 38.8 Å². The third-order valence-electron chi connectivity index (χ3n) is 4.97. The molecule has 1 atom stereocenters. The predicted molar refractivity (Wildman–Crippen MR) is 109 cm³/mol. The van der Waals surface area contributed by atoms with Crippen LogP contribution in [0.2, 0.25) is 0 Å². The second-order valence-electron chi connectivity index (χ2n) is 7.09. The van der Waals surface area contributed by atoms with Crippen molar-refractivity contribution in [3.63, 3.8) is 0 Å². The molecule has 0 aliphatic carbocycles. The first-order chi connectivity index (χ1) is 13.6. The summed E-state index contributed by atoms with van der Waals surface area (Å²) in [5, 5.41) is 0. The van der Waals surface area contributed by atoms with Crippen LogP contribution in [-0.2, 0) is 17.7 Å². The van der Waals surface area contributed by atoms with Crippen LogP contribution in [0.5, 0.6) is 5.75 Å². The Morgan fingerprint density at radius 2 is 1.71 bits per heavy atom. The Bertz CT molecular complexity index is 984. The molecule has 0 spiro atoms. The first kappa shape index (κ1) is 18.1. The lowest BCUT2D eigenvalue weighted by atomic mass is 9.97. The minimum Gasteiger partial charge on any atom is -0.453 e. The number of carbonyl (C=O) groups excluding carboxylic acids is 1. The number of para-hydroxylation sites is 1. The predicted octanol–water partition coefficient (Wildman–Crippen LogP) is 5.19. The summed E-state index contributed by atoms with van der Waals surface area (Å²) in [6.45, 7) is 2.58. The number of ether oxygens (including phenoxy) is 2. The van der Waals surface area contributed by atoms with E-state index in [1.165, 1.54) is 5.56 Å². The van der Waals surface area contributed by atoms with E-state index in [1.807, 2.05) is 60.7 Å². The Morgan fingerprint density at radius 1 is 1.00 bits per heavy atom. The maximum Gasteiger partial charge on any atom is 0.412 e. The number of amides is 1. The van der Waals surface area contributed by atoms with Gasteiger partial charge in [0, 0.05) is 24.7 Å². The number of hydrogen-bond acceptors (Lipinski definition) is 3. The lowest BCUT2D eigenvalue weighted by Crippen LogP contribution is -2.32. The van der Waals surface area contributed by atoms with E-state index >= 15 is 0 Å². The molecule has 1 aliphatic heterocycles. The minimum absolute atomic E-state index is 0.390. The fraction of sp³-hybridized carbons (Fsp3) is 0.208. The van der Waals surface area contributed by atoms with Gasteiger partial charge in [-0.15, -0.1) is 0 Å².